The fourth-order valence-corrected chi connectivity index (χ4v) is 2.67. The molecule has 0 saturated heterocycles. The molecule has 0 spiro atoms. The van der Waals surface area contributed by atoms with E-state index in [4.69, 9.17) is 4.74 Å². The van der Waals surface area contributed by atoms with Gasteiger partial charge in [0.2, 0.25) is 0 Å². The first-order valence-corrected chi connectivity index (χ1v) is 7.98. The number of alkyl halides is 2. The van der Waals surface area contributed by atoms with Crippen molar-refractivity contribution in [2.24, 2.45) is 10.9 Å². The van der Waals surface area contributed by atoms with Crippen LogP contribution in [0, 0.1) is 5.92 Å². The summed E-state index contributed by atoms with van der Waals surface area (Å²) in [6.45, 7) is 4.91. The highest BCUT2D eigenvalue weighted by molar-refractivity contribution is 6.06. The summed E-state index contributed by atoms with van der Waals surface area (Å²) >= 11 is 0. The van der Waals surface area contributed by atoms with E-state index in [0.29, 0.717) is 12.0 Å². The number of esters is 1. The lowest BCUT2D eigenvalue weighted by atomic mass is 9.87. The Hall–Kier alpha value is -2.56. The van der Waals surface area contributed by atoms with Crippen LogP contribution in [0.3, 0.4) is 0 Å². The van der Waals surface area contributed by atoms with Gasteiger partial charge in [0.1, 0.15) is 5.71 Å². The molecule has 2 rings (SSSR count). The van der Waals surface area contributed by atoms with Crippen molar-refractivity contribution in [3.8, 4) is 0 Å². The smallest absolute Gasteiger partial charge is 0.333 e. The molecular formula is C20H21F2NO2. The van der Waals surface area contributed by atoms with Crippen molar-refractivity contribution >= 4 is 11.7 Å². The molecule has 132 valence electrons. The lowest BCUT2D eigenvalue weighted by Gasteiger charge is -2.32. The maximum absolute atomic E-state index is 15.4. The Balaban J connectivity index is 2.42. The number of rotatable bonds is 6. The van der Waals surface area contributed by atoms with Crippen molar-refractivity contribution in [3.63, 3.8) is 0 Å². The van der Waals surface area contributed by atoms with Gasteiger partial charge < -0.3 is 4.74 Å². The van der Waals surface area contributed by atoms with Crippen LogP contribution in [-0.4, -0.2) is 30.8 Å². The molecule has 0 aromatic heterocycles. The highest BCUT2D eigenvalue weighted by Crippen LogP contribution is 2.35. The van der Waals surface area contributed by atoms with Crippen LogP contribution in [0.1, 0.15) is 18.9 Å². The van der Waals surface area contributed by atoms with Crippen molar-refractivity contribution < 1.29 is 18.3 Å². The topological polar surface area (TPSA) is 38.7 Å². The molecule has 25 heavy (non-hydrogen) atoms. The highest BCUT2D eigenvalue weighted by atomic mass is 19.3. The van der Waals surface area contributed by atoms with Crippen molar-refractivity contribution in [2.75, 3.05) is 7.05 Å². The molecule has 1 aromatic rings. The summed E-state index contributed by atoms with van der Waals surface area (Å²) in [5, 5.41) is 0. The van der Waals surface area contributed by atoms with Crippen LogP contribution in [0.4, 0.5) is 8.78 Å². The van der Waals surface area contributed by atoms with Gasteiger partial charge in [-0.1, -0.05) is 61.2 Å². The van der Waals surface area contributed by atoms with Crippen molar-refractivity contribution in [3.05, 3.63) is 72.4 Å². The van der Waals surface area contributed by atoms with Crippen molar-refractivity contribution in [1.82, 2.24) is 0 Å². The number of ether oxygens (including phenoxy) is 1. The molecule has 2 atom stereocenters. The van der Waals surface area contributed by atoms with Gasteiger partial charge in [-0.05, 0) is 13.3 Å². The lowest BCUT2D eigenvalue weighted by molar-refractivity contribution is -0.162. The number of halogens is 2. The van der Waals surface area contributed by atoms with Gasteiger partial charge in [0, 0.05) is 24.1 Å². The Bertz CT molecular complexity index is 720. The molecule has 1 aliphatic rings. The maximum atomic E-state index is 15.4. The van der Waals surface area contributed by atoms with E-state index in [-0.39, 0.29) is 5.57 Å². The maximum Gasteiger partial charge on any atom is 0.333 e. The number of nitrogens with zero attached hydrogens (tertiary/aromatic N) is 1. The molecular weight excluding hydrogens is 324 g/mol. The van der Waals surface area contributed by atoms with E-state index in [2.05, 4.69) is 11.6 Å². The van der Waals surface area contributed by atoms with Crippen molar-refractivity contribution in [2.45, 2.75) is 25.4 Å². The number of carbonyl (C=O) groups excluding carboxylic acids is 1. The third-order valence-electron chi connectivity index (χ3n) is 3.93. The summed E-state index contributed by atoms with van der Waals surface area (Å²) in [5.41, 5.74) is -0.0388. The average molecular weight is 345 g/mol. The number of benzene rings is 1. The molecule has 0 heterocycles. The standard InChI is InChI=1S/C20H21F2NO2/c1-14(2)19(24)25-18(16-12-8-5-9-13-16)20(21,22)17(23-3)15-10-6-4-7-11-15/h4-12,16,18H,1,13H2,2-3H3. The molecule has 0 bridgehead atoms. The number of carbonyl (C=O) groups is 1. The Morgan fingerprint density at radius 1 is 1.32 bits per heavy atom. The Kier molecular flexibility index (Phi) is 6.02. The highest BCUT2D eigenvalue weighted by Gasteiger charge is 2.50. The van der Waals surface area contributed by atoms with Gasteiger partial charge in [-0.2, -0.15) is 8.78 Å². The van der Waals surface area contributed by atoms with E-state index < -0.39 is 29.6 Å². The number of hydrogen-bond acceptors (Lipinski definition) is 3. The minimum absolute atomic E-state index is 0.0748. The van der Waals surface area contributed by atoms with Crippen LogP contribution < -0.4 is 0 Å². The zero-order valence-electron chi connectivity index (χ0n) is 14.3. The zero-order chi connectivity index (χ0) is 18.4. The molecule has 0 aliphatic heterocycles. The molecule has 2 unspecified atom stereocenters. The van der Waals surface area contributed by atoms with Crippen LogP contribution in [0.15, 0.2) is 71.8 Å². The Morgan fingerprint density at radius 2 is 2.00 bits per heavy atom. The van der Waals surface area contributed by atoms with Crippen LogP contribution >= 0.6 is 0 Å². The van der Waals surface area contributed by atoms with E-state index in [0.717, 1.165) is 0 Å². The molecule has 1 aliphatic carbocycles. The van der Waals surface area contributed by atoms with E-state index in [1.165, 1.54) is 14.0 Å². The monoisotopic (exact) mass is 345 g/mol. The number of allylic oxidation sites excluding steroid dienone is 3. The van der Waals surface area contributed by atoms with Crippen LogP contribution in [0.25, 0.3) is 0 Å². The van der Waals surface area contributed by atoms with E-state index in [1.807, 2.05) is 0 Å². The summed E-state index contributed by atoms with van der Waals surface area (Å²) in [6, 6.07) is 8.18. The minimum atomic E-state index is -3.46. The lowest BCUT2D eigenvalue weighted by Crippen LogP contribution is -2.48. The van der Waals surface area contributed by atoms with E-state index in [9.17, 15) is 4.79 Å². The second-order valence-electron chi connectivity index (χ2n) is 5.88. The third kappa shape index (κ3) is 4.29. The second kappa shape index (κ2) is 8.01. The van der Waals surface area contributed by atoms with Gasteiger partial charge in [0.05, 0.1) is 0 Å². The SMILES string of the molecule is C=C(C)C(=O)OC(C1C=CC=CC1)C(F)(F)C(=NC)c1ccccc1. The molecule has 5 heteroatoms. The zero-order valence-corrected chi connectivity index (χ0v) is 14.3. The van der Waals surface area contributed by atoms with Gasteiger partial charge in [-0.25, -0.2) is 4.79 Å². The molecule has 0 saturated carbocycles. The minimum Gasteiger partial charge on any atom is -0.451 e. The van der Waals surface area contributed by atoms with Gasteiger partial charge in [-0.3, -0.25) is 4.99 Å². The van der Waals surface area contributed by atoms with Crippen LogP contribution in [0.2, 0.25) is 0 Å². The predicted octanol–water partition coefficient (Wildman–Crippen LogP) is 4.36. The summed E-state index contributed by atoms with van der Waals surface area (Å²) in [4.78, 5) is 15.8. The molecule has 0 N–H and O–H groups in total. The van der Waals surface area contributed by atoms with Gasteiger partial charge >= 0.3 is 11.9 Å². The summed E-state index contributed by atoms with van der Waals surface area (Å²) in [6.07, 6.45) is 5.54. The fraction of sp³-hybridized carbons (Fsp3) is 0.300. The van der Waals surface area contributed by atoms with Gasteiger partial charge in [0.15, 0.2) is 6.10 Å². The van der Waals surface area contributed by atoms with E-state index in [1.54, 1.807) is 54.6 Å². The van der Waals surface area contributed by atoms with Gasteiger partial charge in [0.25, 0.3) is 0 Å². The number of hydrogen-bond donors (Lipinski definition) is 0. The first-order valence-electron chi connectivity index (χ1n) is 7.98. The fourth-order valence-electron chi connectivity index (χ4n) is 2.67. The first-order chi connectivity index (χ1) is 11.9. The molecule has 1 aromatic carbocycles. The summed E-state index contributed by atoms with van der Waals surface area (Å²) in [7, 11) is 1.31. The Morgan fingerprint density at radius 3 is 2.52 bits per heavy atom. The van der Waals surface area contributed by atoms with Crippen molar-refractivity contribution in [1.29, 1.82) is 0 Å². The van der Waals surface area contributed by atoms with Crippen LogP contribution in [0.5, 0.6) is 0 Å². The van der Waals surface area contributed by atoms with Crippen LogP contribution in [-0.2, 0) is 9.53 Å². The third-order valence-corrected chi connectivity index (χ3v) is 3.93. The quantitative estimate of drug-likeness (QED) is 0.436. The van der Waals surface area contributed by atoms with E-state index >= 15 is 8.78 Å². The average Bonchev–Trinajstić information content (AvgIpc) is 2.61. The molecule has 3 nitrogen and oxygen atoms in total. The molecule has 0 amide bonds. The second-order valence-corrected chi connectivity index (χ2v) is 5.88. The molecule has 0 fully saturated rings. The molecule has 0 radical (unpaired) electrons. The number of aliphatic imine (C=N–C) groups is 1. The summed E-state index contributed by atoms with van der Waals surface area (Å²) in [5.74, 6) is -4.94. The first kappa shape index (κ1) is 18.8. The largest absolute Gasteiger partial charge is 0.451 e. The normalized spacial score (nSPS) is 18.7. The summed E-state index contributed by atoms with van der Waals surface area (Å²) < 4.78 is 35.9. The van der Waals surface area contributed by atoms with Gasteiger partial charge in [-0.15, -0.1) is 0 Å². The predicted molar refractivity (Wildman–Crippen MR) is 94.9 cm³/mol. The Labute approximate surface area is 146 Å².